The van der Waals surface area contributed by atoms with Crippen molar-refractivity contribution in [3.05, 3.63) is 97.1 Å². The summed E-state index contributed by atoms with van der Waals surface area (Å²) in [5.41, 5.74) is 0. The van der Waals surface area contributed by atoms with Gasteiger partial charge in [0, 0.05) is 0 Å². The van der Waals surface area contributed by atoms with Crippen molar-refractivity contribution < 1.29 is 49.0 Å². The van der Waals surface area contributed by atoms with Crippen LogP contribution < -0.4 is 24.8 Å². The van der Waals surface area contributed by atoms with Crippen molar-refractivity contribution >= 4 is 35.5 Å². The first-order valence-corrected chi connectivity index (χ1v) is 10.0. The fourth-order valence-electron chi connectivity index (χ4n) is 3.12. The Morgan fingerprint density at radius 2 is 1.00 bits per heavy atom. The second-order valence-electron chi connectivity index (χ2n) is 6.41. The maximum absolute atomic E-state index is 2.21. The Hall–Kier alpha value is -1.53. The van der Waals surface area contributed by atoms with Gasteiger partial charge in [0.25, 0.3) is 0 Å². The van der Waals surface area contributed by atoms with E-state index in [4.69, 9.17) is 0 Å². The number of rotatable bonds is 0. The van der Waals surface area contributed by atoms with E-state index in [1.165, 1.54) is 35.5 Å². The molecule has 28 heavy (non-hydrogen) atoms. The molecule has 142 valence electrons. The monoisotopic (exact) mass is 482 g/mol. The first-order valence-electron chi connectivity index (χ1n) is 8.82. The van der Waals surface area contributed by atoms with Crippen LogP contribution in [0.5, 0.6) is 0 Å². The molecule has 0 radical (unpaired) electrons. The van der Waals surface area contributed by atoms with E-state index < -0.39 is 0 Å². The van der Waals surface area contributed by atoms with Gasteiger partial charge in [0.05, 0.1) is 0 Å². The third-order valence-electron chi connectivity index (χ3n) is 4.10. The van der Waals surface area contributed by atoms with Crippen LogP contribution in [0.4, 0.5) is 0 Å². The molecule has 0 atom stereocenters. The van der Waals surface area contributed by atoms with Gasteiger partial charge >= 0.3 is 41.3 Å². The van der Waals surface area contributed by atoms with E-state index in [1.54, 1.807) is 24.2 Å². The van der Waals surface area contributed by atoms with Crippen LogP contribution in [-0.4, -0.2) is 3.21 Å². The molecule has 5 aromatic rings. The molecule has 0 aliphatic rings. The number of hydrogen-bond acceptors (Lipinski definition) is 0. The molecule has 0 saturated carbocycles. The van der Waals surface area contributed by atoms with Gasteiger partial charge in [0.15, 0.2) is 0 Å². The van der Waals surface area contributed by atoms with E-state index in [0.29, 0.717) is 0 Å². The number of halogens is 2. The molecule has 5 aromatic carbocycles. The fourth-order valence-corrected chi connectivity index (χ4v) is 3.12. The van der Waals surface area contributed by atoms with E-state index in [-0.39, 0.29) is 24.8 Å². The quantitative estimate of drug-likeness (QED) is 0.228. The third kappa shape index (κ3) is 5.98. The van der Waals surface area contributed by atoms with Crippen molar-refractivity contribution in [1.29, 1.82) is 0 Å². The van der Waals surface area contributed by atoms with E-state index in [9.17, 15) is 0 Å². The molecule has 0 bridgehead atoms. The molecule has 0 fully saturated rings. The maximum atomic E-state index is 2.21. The first kappa shape index (κ1) is 24.5. The Morgan fingerprint density at radius 1 is 0.607 bits per heavy atom. The standard InChI is InChI=1S/C17H11.C5H5.C3H6.2ClH.Zr/c1-3-8-14-12(6-1)13-7-2-4-9-15(13)17-11-5-10-16(14)17;1-2-4-5-3-1;1-3-2;;;/h1-11H;1-5H;1-2H3;2*1H;/q2*-1;;;;+2/p-2. The second kappa shape index (κ2) is 12.1. The summed E-state index contributed by atoms with van der Waals surface area (Å²) in [6.07, 6.45) is 0. The zero-order valence-electron chi connectivity index (χ0n) is 16.0. The maximum Gasteiger partial charge on any atom is -0.0293 e. The van der Waals surface area contributed by atoms with Crippen LogP contribution in [0.25, 0.3) is 32.3 Å². The summed E-state index contributed by atoms with van der Waals surface area (Å²) in [6.45, 7) is 4.25. The SMILES string of the molecule is C[C](C)=[Zr+2].[Cl-].[Cl-].c1cc[cH-]c1.c1ccc2c(c1)c1ccccc1c1[cH-]ccc21. The van der Waals surface area contributed by atoms with Gasteiger partial charge in [-0.15, -0.1) is 16.8 Å². The van der Waals surface area contributed by atoms with E-state index >= 15 is 0 Å². The Morgan fingerprint density at radius 3 is 1.43 bits per heavy atom. The normalized spacial score (nSPS) is 9.43. The molecule has 5 rings (SSSR count). The minimum absolute atomic E-state index is 0. The van der Waals surface area contributed by atoms with E-state index in [1.807, 2.05) is 30.3 Å². The van der Waals surface area contributed by atoms with Crippen LogP contribution in [0.2, 0.25) is 0 Å². The minimum atomic E-state index is 0. The van der Waals surface area contributed by atoms with Crippen molar-refractivity contribution in [2.75, 3.05) is 0 Å². The fraction of sp³-hybridized carbons (Fsp3) is 0.0800. The average Bonchev–Trinajstić information content (AvgIpc) is 3.36. The molecule has 0 amide bonds. The van der Waals surface area contributed by atoms with Gasteiger partial charge in [0.1, 0.15) is 0 Å². The van der Waals surface area contributed by atoms with Crippen LogP contribution >= 0.6 is 0 Å². The van der Waals surface area contributed by atoms with Crippen molar-refractivity contribution in [3.8, 4) is 0 Å². The van der Waals surface area contributed by atoms with Gasteiger partial charge in [-0.3, -0.25) is 0 Å². The summed E-state index contributed by atoms with van der Waals surface area (Å²) >= 11 is 1.55. The van der Waals surface area contributed by atoms with Gasteiger partial charge in [0.2, 0.25) is 0 Å². The molecule has 0 spiro atoms. The summed E-state index contributed by atoms with van der Waals surface area (Å²) in [7, 11) is 0. The summed E-state index contributed by atoms with van der Waals surface area (Å²) in [5.74, 6) is 0. The molecule has 0 heterocycles. The predicted molar refractivity (Wildman–Crippen MR) is 113 cm³/mol. The van der Waals surface area contributed by atoms with Crippen molar-refractivity contribution in [2.45, 2.75) is 13.8 Å². The minimum Gasteiger partial charge on any atom is -1.00 e. The van der Waals surface area contributed by atoms with Crippen LogP contribution in [0.3, 0.4) is 0 Å². The molecular formula is C25H22Cl2Zr-2. The molecule has 3 heteroatoms. The van der Waals surface area contributed by atoms with Gasteiger partial charge < -0.3 is 24.8 Å². The largest absolute Gasteiger partial charge is 1.00 e. The Balaban J connectivity index is 0.000000302. The molecule has 0 aliphatic heterocycles. The van der Waals surface area contributed by atoms with Crippen LogP contribution in [0.15, 0.2) is 97.1 Å². The van der Waals surface area contributed by atoms with Gasteiger partial charge in [-0.05, 0) is 5.39 Å². The zero-order valence-corrected chi connectivity index (χ0v) is 20.0. The van der Waals surface area contributed by atoms with Crippen molar-refractivity contribution in [1.82, 2.24) is 0 Å². The molecule has 0 nitrogen and oxygen atoms in total. The summed E-state index contributed by atoms with van der Waals surface area (Å²) < 4.78 is 1.51. The molecule has 0 N–H and O–H groups in total. The van der Waals surface area contributed by atoms with Gasteiger partial charge in [-0.25, -0.2) is 12.1 Å². The smallest absolute Gasteiger partial charge is 0.0293 e. The second-order valence-corrected chi connectivity index (χ2v) is 8.86. The molecular weight excluding hydrogens is 462 g/mol. The van der Waals surface area contributed by atoms with Crippen molar-refractivity contribution in [2.24, 2.45) is 0 Å². The van der Waals surface area contributed by atoms with Crippen LogP contribution in [-0.2, 0) is 24.2 Å². The molecule has 0 unspecified atom stereocenters. The average molecular weight is 485 g/mol. The van der Waals surface area contributed by atoms with E-state index in [2.05, 4.69) is 80.6 Å². The van der Waals surface area contributed by atoms with Crippen molar-refractivity contribution in [3.63, 3.8) is 0 Å². The predicted octanol–water partition coefficient (Wildman–Crippen LogP) is 1.02. The molecule has 0 aromatic heterocycles. The molecule has 0 saturated heterocycles. The third-order valence-corrected chi connectivity index (χ3v) is 4.10. The number of hydrogen-bond donors (Lipinski definition) is 0. The van der Waals surface area contributed by atoms with Crippen LogP contribution in [0.1, 0.15) is 13.8 Å². The number of benzene rings is 3. The van der Waals surface area contributed by atoms with E-state index in [0.717, 1.165) is 0 Å². The van der Waals surface area contributed by atoms with Crippen LogP contribution in [0, 0.1) is 0 Å². The topological polar surface area (TPSA) is 0 Å². The Labute approximate surface area is 194 Å². The first-order chi connectivity index (χ1) is 12.7. The Bertz CT molecular complexity index is 1030. The summed E-state index contributed by atoms with van der Waals surface area (Å²) in [4.78, 5) is 0. The summed E-state index contributed by atoms with van der Waals surface area (Å²) in [6, 6.07) is 33.9. The summed E-state index contributed by atoms with van der Waals surface area (Å²) in [5, 5.41) is 8.12. The van der Waals surface area contributed by atoms with Gasteiger partial charge in [-0.2, -0.15) is 30.3 Å². The number of fused-ring (bicyclic) bond motifs is 6. The van der Waals surface area contributed by atoms with Gasteiger partial charge in [-0.1, -0.05) is 64.7 Å². The molecule has 0 aliphatic carbocycles. The zero-order chi connectivity index (χ0) is 18.4. The Kier molecular flexibility index (Phi) is 10.6.